The highest BCUT2D eigenvalue weighted by atomic mass is 16.5. The second-order valence-electron chi connectivity index (χ2n) is 11.0. The average molecular weight is 513 g/mol. The Kier molecular flexibility index (Phi) is 11.0. The summed E-state index contributed by atoms with van der Waals surface area (Å²) in [5, 5.41) is 2.85. The maximum atomic E-state index is 13.4. The van der Waals surface area contributed by atoms with Crippen LogP contribution < -0.4 is 5.32 Å². The van der Waals surface area contributed by atoms with Crippen molar-refractivity contribution >= 4 is 29.2 Å². The molecule has 2 saturated carbocycles. The van der Waals surface area contributed by atoms with Gasteiger partial charge in [-0.3, -0.25) is 24.2 Å². The lowest BCUT2D eigenvalue weighted by molar-refractivity contribution is -0.135. The molecule has 8 heteroatoms. The summed E-state index contributed by atoms with van der Waals surface area (Å²) in [6.45, 7) is 3.48. The average Bonchev–Trinajstić information content (AvgIpc) is 3.43. The molecule has 0 radical (unpaired) electrons. The predicted molar refractivity (Wildman–Crippen MR) is 138 cm³/mol. The molecular formula is C29H40N2O6. The summed E-state index contributed by atoms with van der Waals surface area (Å²) < 4.78 is 5.21. The van der Waals surface area contributed by atoms with Crippen LogP contribution in [0.3, 0.4) is 0 Å². The van der Waals surface area contributed by atoms with E-state index in [9.17, 15) is 24.0 Å². The van der Waals surface area contributed by atoms with E-state index in [1.807, 2.05) is 13.8 Å². The number of nitrogens with zero attached hydrogens (tertiary/aromatic N) is 1. The lowest BCUT2D eigenvalue weighted by Crippen LogP contribution is -2.47. The molecule has 2 aliphatic rings. The number of aromatic nitrogens is 1. The summed E-state index contributed by atoms with van der Waals surface area (Å²) in [5.74, 6) is -1.91. The van der Waals surface area contributed by atoms with Gasteiger partial charge in [-0.2, -0.15) is 0 Å². The van der Waals surface area contributed by atoms with E-state index in [1.165, 1.54) is 18.5 Å². The number of amides is 1. The molecule has 37 heavy (non-hydrogen) atoms. The van der Waals surface area contributed by atoms with Crippen molar-refractivity contribution in [2.45, 2.75) is 90.5 Å². The van der Waals surface area contributed by atoms with Gasteiger partial charge in [0.25, 0.3) is 0 Å². The smallest absolute Gasteiger partial charge is 0.340 e. The van der Waals surface area contributed by atoms with E-state index in [0.717, 1.165) is 38.5 Å². The number of hydrogen-bond acceptors (Lipinski definition) is 7. The molecule has 3 atom stereocenters. The van der Waals surface area contributed by atoms with Crippen LogP contribution in [0.2, 0.25) is 0 Å². The van der Waals surface area contributed by atoms with Crippen molar-refractivity contribution in [3.63, 3.8) is 0 Å². The molecule has 0 aromatic carbocycles. The third-order valence-corrected chi connectivity index (χ3v) is 7.53. The molecule has 0 spiro atoms. The number of carbonyl (C=O) groups excluding carboxylic acids is 5. The second kappa shape index (κ2) is 14.1. The first-order valence-corrected chi connectivity index (χ1v) is 13.7. The summed E-state index contributed by atoms with van der Waals surface area (Å²) in [4.78, 5) is 68.2. The number of pyridine rings is 1. The first-order chi connectivity index (χ1) is 17.7. The fourth-order valence-corrected chi connectivity index (χ4v) is 5.46. The van der Waals surface area contributed by atoms with Crippen LogP contribution in [0.25, 0.3) is 0 Å². The van der Waals surface area contributed by atoms with E-state index in [1.54, 1.807) is 6.07 Å². The minimum Gasteiger partial charge on any atom is -0.454 e. The Bertz CT molecular complexity index is 954. The normalized spacial score (nSPS) is 19.9. The van der Waals surface area contributed by atoms with Crippen molar-refractivity contribution in [2.24, 2.45) is 23.7 Å². The summed E-state index contributed by atoms with van der Waals surface area (Å²) in [6.07, 6.45) is 10.5. The summed E-state index contributed by atoms with van der Waals surface area (Å²) >= 11 is 0. The molecule has 0 bridgehead atoms. The van der Waals surface area contributed by atoms with Crippen molar-refractivity contribution in [1.29, 1.82) is 0 Å². The van der Waals surface area contributed by atoms with Crippen LogP contribution in [-0.2, 0) is 23.9 Å². The molecule has 0 saturated heterocycles. The molecule has 0 unspecified atom stereocenters. The van der Waals surface area contributed by atoms with Gasteiger partial charge in [-0.15, -0.1) is 0 Å². The first-order valence-electron chi connectivity index (χ1n) is 13.7. The zero-order valence-electron chi connectivity index (χ0n) is 22.1. The summed E-state index contributed by atoms with van der Waals surface area (Å²) in [7, 11) is 0. The van der Waals surface area contributed by atoms with Gasteiger partial charge in [-0.05, 0) is 56.6 Å². The fraction of sp³-hybridized carbons (Fsp3) is 0.655. The van der Waals surface area contributed by atoms with Crippen LogP contribution >= 0.6 is 0 Å². The number of Topliss-reactive ketones (excluding diaryl/α,β-unsaturated/α-hetero) is 3. The molecule has 1 aromatic rings. The second-order valence-corrected chi connectivity index (χ2v) is 11.0. The van der Waals surface area contributed by atoms with Gasteiger partial charge in [0.15, 0.2) is 12.4 Å². The van der Waals surface area contributed by atoms with E-state index in [2.05, 4.69) is 10.3 Å². The molecule has 1 N–H and O–H groups in total. The fourth-order valence-electron chi connectivity index (χ4n) is 5.46. The highest BCUT2D eigenvalue weighted by Gasteiger charge is 2.34. The van der Waals surface area contributed by atoms with Gasteiger partial charge in [0.05, 0.1) is 11.6 Å². The van der Waals surface area contributed by atoms with E-state index in [-0.39, 0.29) is 53.6 Å². The monoisotopic (exact) mass is 512 g/mol. The molecule has 1 aromatic heterocycles. The standard InChI is InChI=1S/C29H40N2O6/c1-19(2)14-23(16-26(33)20-8-3-4-9-20)28(35)31-24(15-21-10-5-6-12-25(21)32)27(34)18-37-29(36)22-11-7-13-30-17-22/h7,11,13,17,19-21,23-24H,3-6,8-10,12,14-16,18H2,1-2H3,(H,31,35)/t21-,23+,24-/m0/s1. The molecular weight excluding hydrogens is 472 g/mol. The third-order valence-electron chi connectivity index (χ3n) is 7.53. The van der Waals surface area contributed by atoms with Crippen LogP contribution in [0.5, 0.6) is 0 Å². The van der Waals surface area contributed by atoms with Crippen molar-refractivity contribution in [1.82, 2.24) is 10.3 Å². The highest BCUT2D eigenvalue weighted by molar-refractivity contribution is 5.95. The maximum Gasteiger partial charge on any atom is 0.340 e. The number of ketones is 3. The lowest BCUT2D eigenvalue weighted by atomic mass is 9.82. The van der Waals surface area contributed by atoms with Gasteiger partial charge in [0, 0.05) is 43.0 Å². The Labute approximate surface area is 219 Å². The maximum absolute atomic E-state index is 13.4. The van der Waals surface area contributed by atoms with Crippen molar-refractivity contribution in [3.8, 4) is 0 Å². The molecule has 2 fully saturated rings. The predicted octanol–water partition coefficient (Wildman–Crippen LogP) is 4.25. The number of carbonyl (C=O) groups is 5. The third kappa shape index (κ3) is 8.86. The number of hydrogen-bond donors (Lipinski definition) is 1. The molecule has 202 valence electrons. The molecule has 3 rings (SSSR count). The van der Waals surface area contributed by atoms with Gasteiger partial charge in [0.1, 0.15) is 11.6 Å². The first kappa shape index (κ1) is 28.7. The van der Waals surface area contributed by atoms with Crippen LogP contribution in [0.4, 0.5) is 0 Å². The molecule has 0 aliphatic heterocycles. The Morgan fingerprint density at radius 1 is 1.08 bits per heavy atom. The van der Waals surface area contributed by atoms with E-state index in [4.69, 9.17) is 4.74 Å². The largest absolute Gasteiger partial charge is 0.454 e. The van der Waals surface area contributed by atoms with E-state index in [0.29, 0.717) is 19.3 Å². The van der Waals surface area contributed by atoms with Crippen molar-refractivity contribution in [3.05, 3.63) is 30.1 Å². The van der Waals surface area contributed by atoms with Crippen LogP contribution in [0, 0.1) is 23.7 Å². The molecule has 1 heterocycles. The van der Waals surface area contributed by atoms with Crippen LogP contribution in [0.1, 0.15) is 94.8 Å². The Morgan fingerprint density at radius 3 is 2.46 bits per heavy atom. The van der Waals surface area contributed by atoms with Gasteiger partial charge < -0.3 is 10.1 Å². The summed E-state index contributed by atoms with van der Waals surface area (Å²) in [6, 6.07) is 2.17. The molecule has 2 aliphatic carbocycles. The Morgan fingerprint density at radius 2 is 1.81 bits per heavy atom. The molecule has 1 amide bonds. The highest BCUT2D eigenvalue weighted by Crippen LogP contribution is 2.29. The van der Waals surface area contributed by atoms with Crippen molar-refractivity contribution < 1.29 is 28.7 Å². The quantitative estimate of drug-likeness (QED) is 0.392. The SMILES string of the molecule is CC(C)C[C@H](CC(=O)C1CCCC1)C(=O)N[C@@H](C[C@@H]1CCCCC1=O)C(=O)COC(=O)c1cccnc1. The van der Waals surface area contributed by atoms with Crippen LogP contribution in [0.15, 0.2) is 24.5 Å². The number of rotatable bonds is 13. The Balaban J connectivity index is 1.69. The minimum absolute atomic E-state index is 0.0200. The van der Waals surface area contributed by atoms with Gasteiger partial charge in [-0.1, -0.05) is 33.1 Å². The van der Waals surface area contributed by atoms with E-state index >= 15 is 0 Å². The number of nitrogens with one attached hydrogen (secondary N) is 1. The lowest BCUT2D eigenvalue weighted by Gasteiger charge is -2.27. The zero-order chi connectivity index (χ0) is 26.8. The minimum atomic E-state index is -0.961. The zero-order valence-corrected chi connectivity index (χ0v) is 22.1. The topological polar surface area (TPSA) is 120 Å². The van der Waals surface area contributed by atoms with Gasteiger partial charge in [0.2, 0.25) is 5.91 Å². The van der Waals surface area contributed by atoms with Crippen molar-refractivity contribution in [2.75, 3.05) is 6.61 Å². The number of ether oxygens (including phenoxy) is 1. The molecule has 8 nitrogen and oxygen atoms in total. The van der Waals surface area contributed by atoms with E-state index < -0.39 is 30.3 Å². The number of esters is 1. The summed E-state index contributed by atoms with van der Waals surface area (Å²) in [5.41, 5.74) is 0.223. The van der Waals surface area contributed by atoms with Crippen LogP contribution in [-0.4, -0.2) is 46.9 Å². The Hall–Kier alpha value is -2.90. The van der Waals surface area contributed by atoms with Gasteiger partial charge >= 0.3 is 5.97 Å². The van der Waals surface area contributed by atoms with Gasteiger partial charge in [-0.25, -0.2) is 4.79 Å².